The molecule has 5 heteroatoms. The van der Waals surface area contributed by atoms with Gasteiger partial charge in [0.25, 0.3) is 0 Å². The molecule has 0 aromatic carbocycles. The van der Waals surface area contributed by atoms with Crippen molar-refractivity contribution in [2.24, 2.45) is 0 Å². The lowest BCUT2D eigenvalue weighted by molar-refractivity contribution is 0.105. The van der Waals surface area contributed by atoms with E-state index in [-0.39, 0.29) is 6.09 Å². The molecule has 1 amide bonds. The van der Waals surface area contributed by atoms with Crippen molar-refractivity contribution >= 4 is 17.4 Å². The van der Waals surface area contributed by atoms with Gasteiger partial charge < -0.3 is 14.7 Å². The second-order valence-electron chi connectivity index (χ2n) is 3.44. The molecule has 90 valence electrons. The lowest BCUT2D eigenvalue weighted by Crippen LogP contribution is -2.29. The molecule has 1 aromatic rings. The van der Waals surface area contributed by atoms with Crippen molar-refractivity contribution in [1.29, 1.82) is 0 Å². The van der Waals surface area contributed by atoms with Crippen molar-refractivity contribution in [3.05, 3.63) is 22.4 Å². The Labute approximate surface area is 99.5 Å². The summed E-state index contributed by atoms with van der Waals surface area (Å²) in [6.45, 7) is 2.63. The van der Waals surface area contributed by atoms with Crippen LogP contribution < -0.4 is 0 Å². The number of rotatable bonds is 5. The number of carbonyl (C=O) groups excluding carboxylic acids is 1. The van der Waals surface area contributed by atoms with Gasteiger partial charge in [0.05, 0.1) is 12.7 Å². The first kappa shape index (κ1) is 13.0. The number of aliphatic hydroxyl groups is 1. The summed E-state index contributed by atoms with van der Waals surface area (Å²) in [7, 11) is 1.67. The smallest absolute Gasteiger partial charge is 0.409 e. The maximum atomic E-state index is 11.3. The highest BCUT2D eigenvalue weighted by atomic mass is 32.1. The molecule has 1 rings (SSSR count). The van der Waals surface area contributed by atoms with Gasteiger partial charge in [-0.15, -0.1) is 11.3 Å². The van der Waals surface area contributed by atoms with E-state index >= 15 is 0 Å². The molecule has 0 aliphatic heterocycles. The van der Waals surface area contributed by atoms with Crippen LogP contribution in [0.15, 0.2) is 17.5 Å². The zero-order valence-corrected chi connectivity index (χ0v) is 10.4. The molecular formula is C11H17NO3S. The molecule has 0 spiro atoms. The van der Waals surface area contributed by atoms with Crippen LogP contribution in [-0.2, 0) is 4.74 Å². The highest BCUT2D eigenvalue weighted by molar-refractivity contribution is 7.10. The van der Waals surface area contributed by atoms with Crippen LogP contribution in [0.25, 0.3) is 0 Å². The van der Waals surface area contributed by atoms with Crippen LogP contribution in [0.2, 0.25) is 0 Å². The van der Waals surface area contributed by atoms with Crippen LogP contribution in [0, 0.1) is 0 Å². The van der Waals surface area contributed by atoms with Crippen molar-refractivity contribution < 1.29 is 14.6 Å². The molecular weight excluding hydrogens is 226 g/mol. The number of hydrogen-bond acceptors (Lipinski definition) is 4. The van der Waals surface area contributed by atoms with Crippen molar-refractivity contribution in [1.82, 2.24) is 4.90 Å². The van der Waals surface area contributed by atoms with Crippen molar-refractivity contribution in [2.75, 3.05) is 20.2 Å². The molecule has 0 unspecified atom stereocenters. The van der Waals surface area contributed by atoms with E-state index < -0.39 is 6.10 Å². The summed E-state index contributed by atoms with van der Waals surface area (Å²) in [5, 5.41) is 11.7. The number of aliphatic hydroxyl groups excluding tert-OH is 1. The summed E-state index contributed by atoms with van der Waals surface area (Å²) in [5.41, 5.74) is 0. The van der Waals surface area contributed by atoms with Crippen LogP contribution in [0.3, 0.4) is 0 Å². The van der Waals surface area contributed by atoms with E-state index in [9.17, 15) is 9.90 Å². The predicted molar refractivity (Wildman–Crippen MR) is 63.5 cm³/mol. The van der Waals surface area contributed by atoms with Crippen molar-refractivity contribution in [3.8, 4) is 0 Å². The van der Waals surface area contributed by atoms with E-state index in [2.05, 4.69) is 0 Å². The monoisotopic (exact) mass is 243 g/mol. The van der Waals surface area contributed by atoms with Crippen LogP contribution in [0.4, 0.5) is 4.79 Å². The number of ether oxygens (including phenoxy) is 1. The number of carbonyl (C=O) groups is 1. The van der Waals surface area contributed by atoms with Crippen molar-refractivity contribution in [2.45, 2.75) is 19.4 Å². The Hall–Kier alpha value is -1.07. The Balaban J connectivity index is 2.31. The lowest BCUT2D eigenvalue weighted by Gasteiger charge is -2.17. The first-order valence-electron chi connectivity index (χ1n) is 5.24. The minimum atomic E-state index is -0.503. The maximum absolute atomic E-state index is 11.3. The summed E-state index contributed by atoms with van der Waals surface area (Å²) in [5.74, 6) is 0. The predicted octanol–water partition coefficient (Wildman–Crippen LogP) is 2.26. The van der Waals surface area contributed by atoms with E-state index in [0.29, 0.717) is 19.6 Å². The fourth-order valence-corrected chi connectivity index (χ4v) is 2.01. The molecule has 0 fully saturated rings. The maximum Gasteiger partial charge on any atom is 0.409 e. The average Bonchev–Trinajstić information content (AvgIpc) is 2.79. The first-order valence-corrected chi connectivity index (χ1v) is 6.12. The largest absolute Gasteiger partial charge is 0.450 e. The fraction of sp³-hybridized carbons (Fsp3) is 0.545. The fourth-order valence-electron chi connectivity index (χ4n) is 1.26. The average molecular weight is 243 g/mol. The van der Waals surface area contributed by atoms with E-state index in [1.54, 1.807) is 14.0 Å². The number of thiophene rings is 1. The summed E-state index contributed by atoms with van der Waals surface area (Å²) in [6, 6.07) is 3.79. The van der Waals surface area contributed by atoms with E-state index in [1.165, 1.54) is 16.2 Å². The van der Waals surface area contributed by atoms with Gasteiger partial charge in [-0.2, -0.15) is 0 Å². The topological polar surface area (TPSA) is 49.8 Å². The second kappa shape index (κ2) is 6.50. The minimum absolute atomic E-state index is 0.346. The second-order valence-corrected chi connectivity index (χ2v) is 4.42. The van der Waals surface area contributed by atoms with Crippen LogP contribution in [0.5, 0.6) is 0 Å². The third-order valence-corrected chi connectivity index (χ3v) is 3.16. The molecule has 0 aliphatic carbocycles. The van der Waals surface area contributed by atoms with E-state index in [0.717, 1.165) is 4.88 Å². The van der Waals surface area contributed by atoms with E-state index in [1.807, 2.05) is 17.5 Å². The van der Waals surface area contributed by atoms with Gasteiger partial charge in [0.15, 0.2) is 0 Å². The number of hydrogen-bond donors (Lipinski definition) is 1. The van der Waals surface area contributed by atoms with Crippen molar-refractivity contribution in [3.63, 3.8) is 0 Å². The van der Waals surface area contributed by atoms with Gasteiger partial charge in [0.2, 0.25) is 0 Å². The Morgan fingerprint density at radius 2 is 2.44 bits per heavy atom. The molecule has 1 heterocycles. The molecule has 1 aromatic heterocycles. The Morgan fingerprint density at radius 3 is 3.00 bits per heavy atom. The van der Waals surface area contributed by atoms with Gasteiger partial charge >= 0.3 is 6.09 Å². The molecule has 0 radical (unpaired) electrons. The normalized spacial score (nSPS) is 12.2. The van der Waals surface area contributed by atoms with Crippen LogP contribution >= 0.6 is 11.3 Å². The van der Waals surface area contributed by atoms with Gasteiger partial charge in [0, 0.05) is 18.5 Å². The molecule has 1 atom stereocenters. The third-order valence-electron chi connectivity index (χ3n) is 2.19. The first-order chi connectivity index (χ1) is 7.65. The van der Waals surface area contributed by atoms with Gasteiger partial charge in [-0.25, -0.2) is 4.79 Å². The highest BCUT2D eigenvalue weighted by Crippen LogP contribution is 2.21. The SMILES string of the molecule is CCOC(=O)N(C)CC[C@@H](O)c1cccs1. The van der Waals surface area contributed by atoms with Crippen LogP contribution in [0.1, 0.15) is 24.3 Å². The number of amides is 1. The Morgan fingerprint density at radius 1 is 1.69 bits per heavy atom. The Bertz CT molecular complexity index is 313. The zero-order chi connectivity index (χ0) is 12.0. The molecule has 4 nitrogen and oxygen atoms in total. The molecule has 0 bridgehead atoms. The van der Waals surface area contributed by atoms with Gasteiger partial charge in [0.1, 0.15) is 0 Å². The Kier molecular flexibility index (Phi) is 5.28. The summed E-state index contributed by atoms with van der Waals surface area (Å²) in [6.07, 6.45) is -0.326. The van der Waals surface area contributed by atoms with Crippen LogP contribution in [-0.4, -0.2) is 36.3 Å². The molecule has 1 N–H and O–H groups in total. The third kappa shape index (κ3) is 3.83. The lowest BCUT2D eigenvalue weighted by atomic mass is 10.2. The number of nitrogens with zero attached hydrogens (tertiary/aromatic N) is 1. The molecule has 0 aliphatic rings. The van der Waals surface area contributed by atoms with Gasteiger partial charge in [-0.3, -0.25) is 0 Å². The van der Waals surface area contributed by atoms with E-state index in [4.69, 9.17) is 4.74 Å². The zero-order valence-electron chi connectivity index (χ0n) is 9.55. The van der Waals surface area contributed by atoms with Gasteiger partial charge in [-0.05, 0) is 24.8 Å². The summed E-state index contributed by atoms with van der Waals surface area (Å²) < 4.78 is 4.83. The molecule has 16 heavy (non-hydrogen) atoms. The molecule has 0 saturated carbocycles. The minimum Gasteiger partial charge on any atom is -0.450 e. The quantitative estimate of drug-likeness (QED) is 0.863. The summed E-state index contributed by atoms with van der Waals surface area (Å²) >= 11 is 1.52. The standard InChI is InChI=1S/C11H17NO3S/c1-3-15-11(14)12(2)7-6-9(13)10-5-4-8-16-10/h4-5,8-9,13H,3,6-7H2,1-2H3/t9-/m1/s1. The van der Waals surface area contributed by atoms with Gasteiger partial charge in [-0.1, -0.05) is 6.07 Å². The summed E-state index contributed by atoms with van der Waals surface area (Å²) in [4.78, 5) is 13.7. The highest BCUT2D eigenvalue weighted by Gasteiger charge is 2.13. The molecule has 0 saturated heterocycles.